The molecule has 17 heavy (non-hydrogen) atoms. The Bertz CT molecular complexity index is 422. The normalized spacial score (nSPS) is 26.3. The number of piperidine rings is 1. The zero-order valence-electron chi connectivity index (χ0n) is 9.88. The number of likely N-dealkylation sites (tertiary alicyclic amines) is 1. The molecule has 3 nitrogen and oxygen atoms in total. The lowest BCUT2D eigenvalue weighted by molar-refractivity contribution is 0.0297. The Morgan fingerprint density at radius 2 is 2.06 bits per heavy atom. The summed E-state index contributed by atoms with van der Waals surface area (Å²) < 4.78 is 31.5. The van der Waals surface area contributed by atoms with Crippen molar-refractivity contribution in [1.29, 1.82) is 0 Å². The summed E-state index contributed by atoms with van der Waals surface area (Å²) in [7, 11) is 0. The minimum atomic E-state index is -2.40. The fraction of sp³-hybridized carbons (Fsp3) is 0.750. The van der Waals surface area contributed by atoms with Gasteiger partial charge in [0, 0.05) is 25.3 Å². The summed E-state index contributed by atoms with van der Waals surface area (Å²) in [6.07, 6.45) is 2.95. The lowest BCUT2D eigenvalue weighted by Gasteiger charge is -2.31. The summed E-state index contributed by atoms with van der Waals surface area (Å²) in [5.41, 5.74) is 0.226. The number of hydrogen-bond acceptors (Lipinski definition) is 3. The summed E-state index contributed by atoms with van der Waals surface area (Å²) in [4.78, 5) is 6.41. The summed E-state index contributed by atoms with van der Waals surface area (Å²) >= 11 is 0. The van der Waals surface area contributed by atoms with E-state index in [0.717, 1.165) is 18.8 Å². The topological polar surface area (TPSA) is 29.3 Å². The maximum atomic E-state index is 13.2. The van der Waals surface area contributed by atoms with Gasteiger partial charge in [-0.15, -0.1) is 0 Å². The van der Waals surface area contributed by atoms with E-state index in [1.54, 1.807) is 13.2 Å². The molecule has 1 aliphatic carbocycles. The first kappa shape index (κ1) is 11.1. The summed E-state index contributed by atoms with van der Waals surface area (Å²) in [6.45, 7) is 3.99. The van der Waals surface area contributed by atoms with Gasteiger partial charge in [-0.25, -0.2) is 13.8 Å². The van der Waals surface area contributed by atoms with Crippen molar-refractivity contribution in [3.05, 3.63) is 17.8 Å². The third-order valence-corrected chi connectivity index (χ3v) is 4.08. The van der Waals surface area contributed by atoms with Crippen molar-refractivity contribution in [3.8, 4) is 0 Å². The monoisotopic (exact) mass is 242 g/mol. The first-order valence-corrected chi connectivity index (χ1v) is 6.02. The van der Waals surface area contributed by atoms with Crippen molar-refractivity contribution < 1.29 is 13.2 Å². The standard InChI is InChI=1S/C12H16F2N2O/c1-9-15-10(7-17-9)6-16-4-2-11(3-5-16)8-12(11,13)14/h7H,2-6,8H2,1H3. The Kier molecular flexibility index (Phi) is 2.30. The van der Waals surface area contributed by atoms with Crippen LogP contribution in [0.3, 0.4) is 0 Å². The first-order chi connectivity index (χ1) is 8.01. The zero-order valence-corrected chi connectivity index (χ0v) is 9.88. The Hall–Kier alpha value is -0.970. The van der Waals surface area contributed by atoms with E-state index < -0.39 is 11.3 Å². The smallest absolute Gasteiger partial charge is 0.254 e. The number of hydrogen-bond donors (Lipinski definition) is 0. The van der Waals surface area contributed by atoms with Crippen LogP contribution >= 0.6 is 0 Å². The largest absolute Gasteiger partial charge is 0.449 e. The van der Waals surface area contributed by atoms with Gasteiger partial charge in [0.2, 0.25) is 0 Å². The van der Waals surface area contributed by atoms with Gasteiger partial charge in [0.25, 0.3) is 5.92 Å². The second kappa shape index (κ2) is 3.51. The molecule has 2 aliphatic rings. The van der Waals surface area contributed by atoms with Gasteiger partial charge in [-0.05, 0) is 25.9 Å². The van der Waals surface area contributed by atoms with Crippen LogP contribution in [-0.2, 0) is 6.54 Å². The average Bonchev–Trinajstić information content (AvgIpc) is 2.59. The van der Waals surface area contributed by atoms with E-state index in [-0.39, 0.29) is 6.42 Å². The molecule has 1 aliphatic heterocycles. The van der Waals surface area contributed by atoms with E-state index in [4.69, 9.17) is 4.42 Å². The molecular formula is C12H16F2N2O. The lowest BCUT2D eigenvalue weighted by atomic mass is 9.93. The fourth-order valence-electron chi connectivity index (χ4n) is 2.77. The summed E-state index contributed by atoms with van der Waals surface area (Å²) in [5, 5.41) is 0. The van der Waals surface area contributed by atoms with Crippen molar-refractivity contribution in [3.63, 3.8) is 0 Å². The zero-order chi connectivity index (χ0) is 12.1. The third kappa shape index (κ3) is 1.86. The molecule has 0 N–H and O–H groups in total. The molecule has 1 saturated heterocycles. The molecule has 2 fully saturated rings. The molecule has 3 rings (SSSR count). The van der Waals surface area contributed by atoms with Crippen molar-refractivity contribution in [2.24, 2.45) is 5.41 Å². The number of rotatable bonds is 2. The summed E-state index contributed by atoms with van der Waals surface area (Å²) in [5.74, 6) is -1.74. The molecule has 0 aromatic carbocycles. The number of aromatic nitrogens is 1. The van der Waals surface area contributed by atoms with Gasteiger partial charge in [0.15, 0.2) is 5.89 Å². The Labute approximate surface area is 98.8 Å². The summed E-state index contributed by atoms with van der Waals surface area (Å²) in [6, 6.07) is 0. The van der Waals surface area contributed by atoms with Crippen molar-refractivity contribution in [2.75, 3.05) is 13.1 Å². The van der Waals surface area contributed by atoms with Crippen LogP contribution < -0.4 is 0 Å². The van der Waals surface area contributed by atoms with Crippen molar-refractivity contribution in [2.45, 2.75) is 38.7 Å². The number of halogens is 2. The highest BCUT2D eigenvalue weighted by Crippen LogP contribution is 2.65. The molecule has 1 aromatic rings. The molecule has 1 saturated carbocycles. The van der Waals surface area contributed by atoms with Gasteiger partial charge in [0.05, 0.1) is 5.69 Å². The molecule has 2 heterocycles. The molecule has 0 atom stereocenters. The van der Waals surface area contributed by atoms with Gasteiger partial charge in [-0.1, -0.05) is 0 Å². The predicted octanol–water partition coefficient (Wildman–Crippen LogP) is 2.60. The van der Waals surface area contributed by atoms with Gasteiger partial charge in [-0.2, -0.15) is 0 Å². The SMILES string of the molecule is Cc1nc(CN2CCC3(CC2)CC3(F)F)co1. The van der Waals surface area contributed by atoms with Crippen molar-refractivity contribution >= 4 is 0 Å². The number of oxazole rings is 1. The molecule has 5 heteroatoms. The second-order valence-electron chi connectivity index (χ2n) is 5.30. The highest BCUT2D eigenvalue weighted by Gasteiger charge is 2.70. The van der Waals surface area contributed by atoms with E-state index in [1.807, 2.05) is 0 Å². The van der Waals surface area contributed by atoms with Crippen LogP contribution in [0.1, 0.15) is 30.8 Å². The van der Waals surface area contributed by atoms with Crippen LogP contribution in [0.4, 0.5) is 8.78 Å². The quantitative estimate of drug-likeness (QED) is 0.798. The lowest BCUT2D eigenvalue weighted by Crippen LogP contribution is -2.36. The van der Waals surface area contributed by atoms with Crippen LogP contribution in [0.15, 0.2) is 10.7 Å². The third-order valence-electron chi connectivity index (χ3n) is 4.08. The Balaban J connectivity index is 1.56. The molecular weight excluding hydrogens is 226 g/mol. The van der Waals surface area contributed by atoms with Crippen molar-refractivity contribution in [1.82, 2.24) is 9.88 Å². The molecule has 0 amide bonds. The predicted molar refractivity (Wildman–Crippen MR) is 57.7 cm³/mol. The highest BCUT2D eigenvalue weighted by molar-refractivity contribution is 5.12. The van der Waals surface area contributed by atoms with Gasteiger partial charge < -0.3 is 4.42 Å². The van der Waals surface area contributed by atoms with Crippen LogP contribution in [0.25, 0.3) is 0 Å². The Morgan fingerprint density at radius 3 is 2.53 bits per heavy atom. The average molecular weight is 242 g/mol. The molecule has 94 valence electrons. The number of nitrogens with zero attached hydrogens (tertiary/aromatic N) is 2. The molecule has 0 bridgehead atoms. The minimum absolute atomic E-state index is 0.0942. The van der Waals surface area contributed by atoms with Crippen LogP contribution in [-0.4, -0.2) is 28.9 Å². The highest BCUT2D eigenvalue weighted by atomic mass is 19.3. The van der Waals surface area contributed by atoms with E-state index >= 15 is 0 Å². The maximum absolute atomic E-state index is 13.2. The van der Waals surface area contributed by atoms with E-state index in [0.29, 0.717) is 25.3 Å². The molecule has 1 spiro atoms. The van der Waals surface area contributed by atoms with Crippen LogP contribution in [0, 0.1) is 12.3 Å². The van der Waals surface area contributed by atoms with E-state index in [1.165, 1.54) is 0 Å². The minimum Gasteiger partial charge on any atom is -0.449 e. The van der Waals surface area contributed by atoms with Crippen LogP contribution in [0.5, 0.6) is 0 Å². The molecule has 0 radical (unpaired) electrons. The fourth-order valence-corrected chi connectivity index (χ4v) is 2.77. The first-order valence-electron chi connectivity index (χ1n) is 6.02. The van der Waals surface area contributed by atoms with Gasteiger partial charge >= 0.3 is 0 Å². The molecule has 0 unspecified atom stereocenters. The molecule has 1 aromatic heterocycles. The second-order valence-corrected chi connectivity index (χ2v) is 5.30. The van der Waals surface area contributed by atoms with Gasteiger partial charge in [0.1, 0.15) is 6.26 Å². The Morgan fingerprint density at radius 1 is 1.41 bits per heavy atom. The maximum Gasteiger partial charge on any atom is 0.254 e. The van der Waals surface area contributed by atoms with E-state index in [2.05, 4.69) is 9.88 Å². The van der Waals surface area contributed by atoms with Crippen LogP contribution in [0.2, 0.25) is 0 Å². The van der Waals surface area contributed by atoms with E-state index in [9.17, 15) is 8.78 Å². The number of aryl methyl sites for hydroxylation is 1. The van der Waals surface area contributed by atoms with Gasteiger partial charge in [-0.3, -0.25) is 4.90 Å². The number of alkyl halides is 2.